The lowest BCUT2D eigenvalue weighted by molar-refractivity contribution is -0.121. The summed E-state index contributed by atoms with van der Waals surface area (Å²) in [6, 6.07) is 5.05. The lowest BCUT2D eigenvalue weighted by Crippen LogP contribution is -2.46. The van der Waals surface area contributed by atoms with E-state index >= 15 is 0 Å². The zero-order valence-corrected chi connectivity index (χ0v) is 13.6. The molecule has 1 fully saturated rings. The molecule has 5 heteroatoms. The van der Waals surface area contributed by atoms with Crippen LogP contribution in [0, 0.1) is 5.92 Å². The summed E-state index contributed by atoms with van der Waals surface area (Å²) in [7, 11) is 1.58. The Bertz CT molecular complexity index is 507. The van der Waals surface area contributed by atoms with E-state index in [4.69, 9.17) is 16.3 Å². The maximum absolute atomic E-state index is 12.4. The molecule has 0 unspecified atom stereocenters. The molecule has 1 N–H and O–H groups in total. The fraction of sp³-hybridized carbons (Fsp3) is 0.562. The highest BCUT2D eigenvalue weighted by Gasteiger charge is 2.26. The standard InChI is InChI=1S/C16H23ClN2O2/c1-11-5-4-8-19(10-11)12(2)16(20)18-14-9-13(17)6-7-15(14)21-3/h6-7,9,11-12H,4-5,8,10H2,1-3H3,(H,18,20)/t11-,12-/m0/s1. The third-order valence-corrected chi connectivity index (χ3v) is 4.27. The Morgan fingerprint density at radius 2 is 2.29 bits per heavy atom. The van der Waals surface area contributed by atoms with Crippen LogP contribution < -0.4 is 10.1 Å². The van der Waals surface area contributed by atoms with Gasteiger partial charge in [0.25, 0.3) is 0 Å². The van der Waals surface area contributed by atoms with Gasteiger partial charge >= 0.3 is 0 Å². The summed E-state index contributed by atoms with van der Waals surface area (Å²) in [5.74, 6) is 1.24. The normalized spacial score (nSPS) is 20.9. The maximum Gasteiger partial charge on any atom is 0.241 e. The largest absolute Gasteiger partial charge is 0.495 e. The van der Waals surface area contributed by atoms with Crippen molar-refractivity contribution in [1.82, 2.24) is 4.90 Å². The summed E-state index contributed by atoms with van der Waals surface area (Å²) >= 11 is 5.99. The van der Waals surface area contributed by atoms with Gasteiger partial charge in [0.15, 0.2) is 0 Å². The summed E-state index contributed by atoms with van der Waals surface area (Å²) in [4.78, 5) is 14.7. The topological polar surface area (TPSA) is 41.6 Å². The minimum absolute atomic E-state index is 0.0235. The molecule has 0 aliphatic carbocycles. The predicted molar refractivity (Wildman–Crippen MR) is 86.1 cm³/mol. The molecule has 1 heterocycles. The van der Waals surface area contributed by atoms with Crippen molar-refractivity contribution in [3.8, 4) is 5.75 Å². The van der Waals surface area contributed by atoms with Crippen LogP contribution in [0.15, 0.2) is 18.2 Å². The number of carbonyl (C=O) groups excluding carboxylic acids is 1. The Balaban J connectivity index is 2.05. The zero-order valence-electron chi connectivity index (χ0n) is 12.9. The first-order valence-electron chi connectivity index (χ1n) is 7.39. The Hall–Kier alpha value is -1.26. The third kappa shape index (κ3) is 4.11. The first-order chi connectivity index (χ1) is 10.0. The van der Waals surface area contributed by atoms with Crippen molar-refractivity contribution in [2.75, 3.05) is 25.5 Å². The molecule has 21 heavy (non-hydrogen) atoms. The van der Waals surface area contributed by atoms with Gasteiger partial charge in [0, 0.05) is 11.6 Å². The second kappa shape index (κ2) is 7.14. The van der Waals surface area contributed by atoms with Gasteiger partial charge in [-0.2, -0.15) is 0 Å². The summed E-state index contributed by atoms with van der Waals surface area (Å²) in [6.45, 7) is 6.13. The average Bonchev–Trinajstić information content (AvgIpc) is 2.46. The zero-order chi connectivity index (χ0) is 15.4. The van der Waals surface area contributed by atoms with E-state index in [9.17, 15) is 4.79 Å². The van der Waals surface area contributed by atoms with E-state index in [2.05, 4.69) is 17.1 Å². The first kappa shape index (κ1) is 16.1. The number of carbonyl (C=O) groups is 1. The molecule has 0 radical (unpaired) electrons. The Kier molecular flexibility index (Phi) is 5.48. The van der Waals surface area contributed by atoms with Crippen LogP contribution in [-0.2, 0) is 4.79 Å². The fourth-order valence-corrected chi connectivity index (χ4v) is 2.93. The molecule has 1 aromatic rings. The number of hydrogen-bond acceptors (Lipinski definition) is 3. The number of anilines is 1. The molecule has 1 amide bonds. The third-order valence-electron chi connectivity index (χ3n) is 4.03. The molecule has 0 bridgehead atoms. The molecule has 0 aromatic heterocycles. The monoisotopic (exact) mass is 310 g/mol. The van der Waals surface area contributed by atoms with Crippen LogP contribution >= 0.6 is 11.6 Å². The average molecular weight is 311 g/mol. The van der Waals surface area contributed by atoms with Gasteiger partial charge in [0.2, 0.25) is 5.91 Å². The number of rotatable bonds is 4. The van der Waals surface area contributed by atoms with Crippen molar-refractivity contribution in [3.05, 3.63) is 23.2 Å². The number of methoxy groups -OCH3 is 1. The molecular weight excluding hydrogens is 288 g/mol. The van der Waals surface area contributed by atoms with E-state index in [1.54, 1.807) is 25.3 Å². The van der Waals surface area contributed by atoms with Crippen molar-refractivity contribution in [3.63, 3.8) is 0 Å². The first-order valence-corrected chi connectivity index (χ1v) is 7.77. The Labute approximate surface area is 131 Å². The highest BCUT2D eigenvalue weighted by Crippen LogP contribution is 2.28. The number of benzene rings is 1. The van der Waals surface area contributed by atoms with Crippen molar-refractivity contribution in [2.24, 2.45) is 5.92 Å². The number of hydrogen-bond donors (Lipinski definition) is 1. The van der Waals surface area contributed by atoms with E-state index in [1.165, 1.54) is 6.42 Å². The van der Waals surface area contributed by atoms with Crippen LogP contribution in [-0.4, -0.2) is 37.0 Å². The van der Waals surface area contributed by atoms with Crippen LogP contribution in [0.3, 0.4) is 0 Å². The number of nitrogens with one attached hydrogen (secondary N) is 1. The van der Waals surface area contributed by atoms with Crippen LogP contribution in [0.1, 0.15) is 26.7 Å². The number of amides is 1. The van der Waals surface area contributed by atoms with Crippen LogP contribution in [0.4, 0.5) is 5.69 Å². The highest BCUT2D eigenvalue weighted by molar-refractivity contribution is 6.31. The number of likely N-dealkylation sites (tertiary alicyclic amines) is 1. The van der Waals surface area contributed by atoms with E-state index in [0.29, 0.717) is 22.4 Å². The molecule has 0 saturated carbocycles. The second-order valence-corrected chi connectivity index (χ2v) is 6.19. The smallest absolute Gasteiger partial charge is 0.241 e. The van der Waals surface area contributed by atoms with Gasteiger partial charge in [-0.25, -0.2) is 0 Å². The van der Waals surface area contributed by atoms with Gasteiger partial charge in [-0.15, -0.1) is 0 Å². The summed E-state index contributed by atoms with van der Waals surface area (Å²) in [6.07, 6.45) is 2.40. The van der Waals surface area contributed by atoms with Crippen molar-refractivity contribution >= 4 is 23.2 Å². The SMILES string of the molecule is COc1ccc(Cl)cc1NC(=O)[C@H](C)N1CCC[C@H](C)C1. The van der Waals surface area contributed by atoms with Crippen molar-refractivity contribution in [2.45, 2.75) is 32.7 Å². The summed E-state index contributed by atoms with van der Waals surface area (Å²) < 4.78 is 5.26. The van der Waals surface area contributed by atoms with Gasteiger partial charge in [0.1, 0.15) is 5.75 Å². The molecule has 1 aliphatic rings. The van der Waals surface area contributed by atoms with E-state index in [0.717, 1.165) is 19.5 Å². The van der Waals surface area contributed by atoms with Gasteiger partial charge in [-0.1, -0.05) is 18.5 Å². The van der Waals surface area contributed by atoms with Gasteiger partial charge in [-0.05, 0) is 50.4 Å². The van der Waals surface area contributed by atoms with Gasteiger partial charge < -0.3 is 10.1 Å². The number of piperidine rings is 1. The predicted octanol–water partition coefficient (Wildman–Crippen LogP) is 3.41. The molecular formula is C16H23ClN2O2. The molecule has 2 atom stereocenters. The lowest BCUT2D eigenvalue weighted by atomic mass is 9.99. The highest BCUT2D eigenvalue weighted by atomic mass is 35.5. The van der Waals surface area contributed by atoms with Crippen LogP contribution in [0.5, 0.6) is 5.75 Å². The quantitative estimate of drug-likeness (QED) is 0.926. The number of nitrogens with zero attached hydrogens (tertiary/aromatic N) is 1. The van der Waals surface area contributed by atoms with E-state index < -0.39 is 0 Å². The summed E-state index contributed by atoms with van der Waals surface area (Å²) in [5.41, 5.74) is 0.618. The molecule has 1 aliphatic heterocycles. The van der Waals surface area contributed by atoms with Crippen molar-refractivity contribution in [1.29, 1.82) is 0 Å². The minimum atomic E-state index is -0.156. The molecule has 1 saturated heterocycles. The number of ether oxygens (including phenoxy) is 1. The fourth-order valence-electron chi connectivity index (χ4n) is 2.76. The van der Waals surface area contributed by atoms with Crippen LogP contribution in [0.2, 0.25) is 5.02 Å². The van der Waals surface area contributed by atoms with E-state index in [-0.39, 0.29) is 11.9 Å². The van der Waals surface area contributed by atoms with Gasteiger partial charge in [-0.3, -0.25) is 9.69 Å². The lowest BCUT2D eigenvalue weighted by Gasteiger charge is -2.34. The maximum atomic E-state index is 12.4. The molecule has 1 aromatic carbocycles. The number of halogens is 1. The summed E-state index contributed by atoms with van der Waals surface area (Å²) in [5, 5.41) is 3.50. The van der Waals surface area contributed by atoms with E-state index in [1.807, 2.05) is 6.92 Å². The Morgan fingerprint density at radius 1 is 1.52 bits per heavy atom. The minimum Gasteiger partial charge on any atom is -0.495 e. The second-order valence-electron chi connectivity index (χ2n) is 5.75. The molecule has 0 spiro atoms. The van der Waals surface area contributed by atoms with Gasteiger partial charge in [0.05, 0.1) is 18.8 Å². The Morgan fingerprint density at radius 3 is 2.95 bits per heavy atom. The molecule has 116 valence electrons. The molecule has 4 nitrogen and oxygen atoms in total. The molecule has 2 rings (SSSR count). The van der Waals surface area contributed by atoms with Crippen LogP contribution in [0.25, 0.3) is 0 Å². The van der Waals surface area contributed by atoms with Crippen molar-refractivity contribution < 1.29 is 9.53 Å².